The molecule has 1 fully saturated rings. The maximum atomic E-state index is 13.0. The number of carbonyl (C=O) groups excluding carboxylic acids is 2. The number of amidine groups is 1. The van der Waals surface area contributed by atoms with E-state index in [0.717, 1.165) is 26.9 Å². The van der Waals surface area contributed by atoms with Crippen molar-refractivity contribution in [3.63, 3.8) is 0 Å². The average Bonchev–Trinajstić information content (AvgIpc) is 3.33. The van der Waals surface area contributed by atoms with E-state index in [-0.39, 0.29) is 18.2 Å². The van der Waals surface area contributed by atoms with E-state index < -0.39 is 5.25 Å². The van der Waals surface area contributed by atoms with Crippen LogP contribution in [0.3, 0.4) is 0 Å². The molecule has 178 valence electrons. The molecule has 3 aromatic carbocycles. The zero-order valence-corrected chi connectivity index (χ0v) is 22.5. The molecule has 2 amide bonds. The van der Waals surface area contributed by atoms with E-state index >= 15 is 0 Å². The number of nitrogens with one attached hydrogen (secondary N) is 1. The Hall–Kier alpha value is -2.85. The predicted octanol–water partition coefficient (Wildman–Crippen LogP) is 6.40. The van der Waals surface area contributed by atoms with Crippen molar-refractivity contribution in [3.05, 3.63) is 70.3 Å². The Morgan fingerprint density at radius 2 is 1.74 bits per heavy atom. The molecule has 2 heterocycles. The number of anilines is 1. The second-order valence-corrected chi connectivity index (χ2v) is 10.7. The van der Waals surface area contributed by atoms with Crippen LogP contribution in [-0.2, 0) is 16.1 Å². The zero-order valence-electron chi connectivity index (χ0n) is 19.5. The summed E-state index contributed by atoms with van der Waals surface area (Å²) in [5, 5.41) is 5.39. The summed E-state index contributed by atoms with van der Waals surface area (Å²) in [5.74, 6) is -0.249. The molecule has 1 aliphatic heterocycles. The Morgan fingerprint density at radius 3 is 2.49 bits per heavy atom. The van der Waals surface area contributed by atoms with Crippen LogP contribution < -0.4 is 5.32 Å². The number of halogens is 1. The SMILES string of the molecule is CCN1C(=O)C(CC(=O)Nc2ccc(I)cc2)SC1=Nc1ccc2c(c1)c1ccccc1n2CC. The van der Waals surface area contributed by atoms with Gasteiger partial charge in [0.25, 0.3) is 0 Å². The van der Waals surface area contributed by atoms with Gasteiger partial charge in [-0.05, 0) is 85.0 Å². The first-order valence-corrected chi connectivity index (χ1v) is 13.6. The first-order valence-electron chi connectivity index (χ1n) is 11.6. The summed E-state index contributed by atoms with van der Waals surface area (Å²) in [5.41, 5.74) is 3.90. The fraction of sp³-hybridized carbons (Fsp3) is 0.222. The minimum absolute atomic E-state index is 0.0716. The van der Waals surface area contributed by atoms with Gasteiger partial charge in [-0.25, -0.2) is 4.99 Å². The highest BCUT2D eigenvalue weighted by Gasteiger charge is 2.38. The molecule has 35 heavy (non-hydrogen) atoms. The highest BCUT2D eigenvalue weighted by Crippen LogP contribution is 2.35. The van der Waals surface area contributed by atoms with Gasteiger partial charge in [0.1, 0.15) is 5.25 Å². The Bertz CT molecular complexity index is 1460. The molecule has 0 aliphatic carbocycles. The number of hydrogen-bond donors (Lipinski definition) is 1. The molecule has 6 nitrogen and oxygen atoms in total. The summed E-state index contributed by atoms with van der Waals surface area (Å²) in [6, 6.07) is 22.2. The van der Waals surface area contributed by atoms with Crippen molar-refractivity contribution in [2.75, 3.05) is 11.9 Å². The second-order valence-electron chi connectivity index (χ2n) is 8.31. The van der Waals surface area contributed by atoms with Gasteiger partial charge in [-0.2, -0.15) is 0 Å². The lowest BCUT2D eigenvalue weighted by atomic mass is 10.1. The van der Waals surface area contributed by atoms with Crippen LogP contribution in [-0.4, -0.2) is 38.2 Å². The fourth-order valence-electron chi connectivity index (χ4n) is 4.49. The molecule has 0 spiro atoms. The van der Waals surface area contributed by atoms with Gasteiger partial charge in [-0.3, -0.25) is 14.5 Å². The number of carbonyl (C=O) groups is 2. The number of fused-ring (bicyclic) bond motifs is 3. The third-order valence-corrected chi connectivity index (χ3v) is 8.03. The summed E-state index contributed by atoms with van der Waals surface area (Å²) in [6.07, 6.45) is 0.105. The van der Waals surface area contributed by atoms with Gasteiger partial charge >= 0.3 is 0 Å². The maximum absolute atomic E-state index is 13.0. The van der Waals surface area contributed by atoms with Crippen molar-refractivity contribution in [2.24, 2.45) is 4.99 Å². The van der Waals surface area contributed by atoms with Gasteiger partial charge in [0.05, 0.1) is 5.69 Å². The number of amides is 2. The Labute approximate surface area is 221 Å². The van der Waals surface area contributed by atoms with Crippen LogP contribution in [0.2, 0.25) is 0 Å². The lowest BCUT2D eigenvalue weighted by Crippen LogP contribution is -2.33. The Kier molecular flexibility index (Phi) is 6.84. The van der Waals surface area contributed by atoms with Crippen LogP contribution in [0.5, 0.6) is 0 Å². The highest BCUT2D eigenvalue weighted by molar-refractivity contribution is 14.1. The summed E-state index contributed by atoms with van der Waals surface area (Å²) in [4.78, 5) is 32.2. The van der Waals surface area contributed by atoms with E-state index in [4.69, 9.17) is 4.99 Å². The standard InChI is InChI=1S/C27H25IN4O2S/c1-3-31-22-8-6-5-7-20(22)21-15-19(13-14-23(21)31)30-27-32(4-2)26(34)24(35-27)16-25(33)29-18-11-9-17(28)10-12-18/h5-15,24H,3-4,16H2,1-2H3,(H,29,33). The molecule has 1 atom stereocenters. The van der Waals surface area contributed by atoms with E-state index in [0.29, 0.717) is 11.7 Å². The van der Waals surface area contributed by atoms with Crippen LogP contribution in [0.25, 0.3) is 21.8 Å². The normalized spacial score (nSPS) is 17.1. The molecule has 5 rings (SSSR count). The number of nitrogens with zero attached hydrogens (tertiary/aromatic N) is 3. The van der Waals surface area contributed by atoms with Crippen molar-refractivity contribution < 1.29 is 9.59 Å². The van der Waals surface area contributed by atoms with Crippen LogP contribution in [0, 0.1) is 3.57 Å². The number of para-hydroxylation sites is 1. The number of benzene rings is 3. The molecule has 1 aliphatic rings. The van der Waals surface area contributed by atoms with E-state index in [2.05, 4.69) is 75.8 Å². The number of rotatable bonds is 6. The number of aryl methyl sites for hydroxylation is 1. The van der Waals surface area contributed by atoms with Gasteiger partial charge in [0.2, 0.25) is 11.8 Å². The monoisotopic (exact) mass is 596 g/mol. The quantitative estimate of drug-likeness (QED) is 0.262. The van der Waals surface area contributed by atoms with Crippen LogP contribution >= 0.6 is 34.4 Å². The van der Waals surface area contributed by atoms with E-state index in [1.165, 1.54) is 28.2 Å². The predicted molar refractivity (Wildman–Crippen MR) is 153 cm³/mol. The Morgan fingerprint density at radius 1 is 1.00 bits per heavy atom. The lowest BCUT2D eigenvalue weighted by molar-refractivity contribution is -0.128. The molecule has 1 aromatic heterocycles. The summed E-state index contributed by atoms with van der Waals surface area (Å²) in [6.45, 7) is 5.48. The third-order valence-electron chi connectivity index (χ3n) is 6.13. The van der Waals surface area contributed by atoms with Crippen LogP contribution in [0.15, 0.2) is 71.7 Å². The molecule has 4 aromatic rings. The number of aliphatic imine (C=N–C) groups is 1. The van der Waals surface area contributed by atoms with Gasteiger partial charge in [0.15, 0.2) is 5.17 Å². The molecule has 1 saturated heterocycles. The zero-order chi connectivity index (χ0) is 24.5. The van der Waals surface area contributed by atoms with Crippen molar-refractivity contribution in [1.29, 1.82) is 0 Å². The average molecular weight is 596 g/mol. The lowest BCUT2D eigenvalue weighted by Gasteiger charge is -2.13. The van der Waals surface area contributed by atoms with Gasteiger partial charge in [0, 0.05) is 50.6 Å². The van der Waals surface area contributed by atoms with Gasteiger partial charge in [-0.15, -0.1) is 0 Å². The van der Waals surface area contributed by atoms with E-state index in [1.54, 1.807) is 4.90 Å². The smallest absolute Gasteiger partial charge is 0.242 e. The summed E-state index contributed by atoms with van der Waals surface area (Å²) >= 11 is 3.59. The molecule has 0 saturated carbocycles. The van der Waals surface area contributed by atoms with Crippen LogP contribution in [0.1, 0.15) is 20.3 Å². The largest absolute Gasteiger partial charge is 0.341 e. The first-order chi connectivity index (χ1) is 17.0. The molecular weight excluding hydrogens is 571 g/mol. The Balaban J connectivity index is 1.40. The van der Waals surface area contributed by atoms with Gasteiger partial charge < -0.3 is 9.88 Å². The minimum atomic E-state index is -0.483. The third kappa shape index (κ3) is 4.69. The topological polar surface area (TPSA) is 66.7 Å². The maximum Gasteiger partial charge on any atom is 0.242 e. The van der Waals surface area contributed by atoms with Gasteiger partial charge in [-0.1, -0.05) is 30.0 Å². The van der Waals surface area contributed by atoms with Crippen molar-refractivity contribution in [1.82, 2.24) is 9.47 Å². The van der Waals surface area contributed by atoms with Crippen molar-refractivity contribution in [3.8, 4) is 0 Å². The summed E-state index contributed by atoms with van der Waals surface area (Å²) in [7, 11) is 0. The number of aromatic nitrogens is 1. The minimum Gasteiger partial charge on any atom is -0.341 e. The second kappa shape index (κ2) is 10.0. The molecule has 0 radical (unpaired) electrons. The van der Waals surface area contributed by atoms with E-state index in [1.807, 2.05) is 37.3 Å². The molecule has 1 N–H and O–H groups in total. The summed E-state index contributed by atoms with van der Waals surface area (Å²) < 4.78 is 3.40. The molecule has 8 heteroatoms. The van der Waals surface area contributed by atoms with E-state index in [9.17, 15) is 9.59 Å². The van der Waals surface area contributed by atoms with Crippen molar-refractivity contribution >= 4 is 84.5 Å². The van der Waals surface area contributed by atoms with Crippen LogP contribution in [0.4, 0.5) is 11.4 Å². The molecule has 1 unspecified atom stereocenters. The molecular formula is C27H25IN4O2S. The van der Waals surface area contributed by atoms with Crippen molar-refractivity contribution in [2.45, 2.75) is 32.1 Å². The highest BCUT2D eigenvalue weighted by atomic mass is 127. The number of thioether (sulfide) groups is 1. The number of hydrogen-bond acceptors (Lipinski definition) is 4. The molecule has 0 bridgehead atoms. The first kappa shape index (κ1) is 23.9. The fourth-order valence-corrected chi connectivity index (χ4v) is 6.07.